The Hall–Kier alpha value is -0.660. The molecular weight excluding hydrogens is 176 g/mol. The fraction of sp³-hybridized carbons (Fsp3) is 0.833. The molecule has 82 valence electrons. The lowest BCUT2D eigenvalue weighted by molar-refractivity contribution is -0.122. The largest absolute Gasteiger partial charge is 0.300 e. The van der Waals surface area contributed by atoms with E-state index in [0.29, 0.717) is 25.2 Å². The minimum absolute atomic E-state index is 0.107. The van der Waals surface area contributed by atoms with Crippen molar-refractivity contribution in [2.24, 2.45) is 11.8 Å². The molecule has 0 spiro atoms. The van der Waals surface area contributed by atoms with Crippen molar-refractivity contribution in [3.05, 3.63) is 0 Å². The first kappa shape index (κ1) is 13.3. The highest BCUT2D eigenvalue weighted by molar-refractivity contribution is 5.82. The molecule has 0 rings (SSSR count). The number of carbonyl (C=O) groups excluding carboxylic acids is 2. The van der Waals surface area contributed by atoms with Gasteiger partial charge in [-0.25, -0.2) is 0 Å². The van der Waals surface area contributed by atoms with Crippen LogP contribution in [0.5, 0.6) is 0 Å². The van der Waals surface area contributed by atoms with Gasteiger partial charge in [-0.1, -0.05) is 27.7 Å². The maximum absolute atomic E-state index is 11.3. The number of Topliss-reactive ketones (excluding diaryl/α,β-unsaturated/α-hetero) is 2. The van der Waals surface area contributed by atoms with Gasteiger partial charge in [0.2, 0.25) is 0 Å². The molecule has 0 heterocycles. The van der Waals surface area contributed by atoms with Gasteiger partial charge >= 0.3 is 0 Å². The molecule has 0 aromatic carbocycles. The number of rotatable bonds is 7. The average Bonchev–Trinajstić information content (AvgIpc) is 2.02. The standard InChI is InChI=1S/C12H22O2/c1-9(2)8-11(13)6-5-7-12(14)10(3)4/h9-10H,5-8H2,1-4H3. The van der Waals surface area contributed by atoms with Crippen LogP contribution in [-0.4, -0.2) is 11.6 Å². The maximum atomic E-state index is 11.3. The molecular formula is C12H22O2. The summed E-state index contributed by atoms with van der Waals surface area (Å²) in [6, 6.07) is 0. The minimum atomic E-state index is 0.107. The molecule has 2 nitrogen and oxygen atoms in total. The molecule has 0 N–H and O–H groups in total. The molecule has 0 aliphatic rings. The van der Waals surface area contributed by atoms with Crippen LogP contribution in [0.3, 0.4) is 0 Å². The second-order valence-electron chi connectivity index (χ2n) is 4.61. The Morgan fingerprint density at radius 3 is 2.00 bits per heavy atom. The van der Waals surface area contributed by atoms with Gasteiger partial charge in [0.15, 0.2) is 0 Å². The van der Waals surface area contributed by atoms with E-state index in [-0.39, 0.29) is 17.5 Å². The zero-order chi connectivity index (χ0) is 11.1. The molecule has 0 atom stereocenters. The highest BCUT2D eigenvalue weighted by Crippen LogP contribution is 2.08. The molecule has 0 bridgehead atoms. The quantitative estimate of drug-likeness (QED) is 0.630. The van der Waals surface area contributed by atoms with Crippen molar-refractivity contribution >= 4 is 11.6 Å². The summed E-state index contributed by atoms with van der Waals surface area (Å²) in [5.74, 6) is 1.09. The summed E-state index contributed by atoms with van der Waals surface area (Å²) in [4.78, 5) is 22.5. The van der Waals surface area contributed by atoms with E-state index in [9.17, 15) is 9.59 Å². The van der Waals surface area contributed by atoms with Gasteiger partial charge in [-0.15, -0.1) is 0 Å². The summed E-state index contributed by atoms with van der Waals surface area (Å²) in [7, 11) is 0. The Kier molecular flexibility index (Phi) is 6.43. The zero-order valence-corrected chi connectivity index (χ0v) is 9.80. The maximum Gasteiger partial charge on any atom is 0.135 e. The highest BCUT2D eigenvalue weighted by Gasteiger charge is 2.09. The van der Waals surface area contributed by atoms with Crippen LogP contribution < -0.4 is 0 Å². The Labute approximate surface area is 87.1 Å². The summed E-state index contributed by atoms with van der Waals surface area (Å²) >= 11 is 0. The van der Waals surface area contributed by atoms with E-state index in [0.717, 1.165) is 6.42 Å². The summed E-state index contributed by atoms with van der Waals surface area (Å²) in [5, 5.41) is 0. The predicted octanol–water partition coefficient (Wildman–Crippen LogP) is 3.00. The molecule has 0 aromatic rings. The first-order valence-electron chi connectivity index (χ1n) is 5.48. The molecule has 0 amide bonds. The number of hydrogen-bond acceptors (Lipinski definition) is 2. The smallest absolute Gasteiger partial charge is 0.135 e. The van der Waals surface area contributed by atoms with Crippen molar-refractivity contribution in [1.82, 2.24) is 0 Å². The molecule has 0 saturated carbocycles. The lowest BCUT2D eigenvalue weighted by Gasteiger charge is -2.05. The van der Waals surface area contributed by atoms with Gasteiger partial charge in [-0.2, -0.15) is 0 Å². The lowest BCUT2D eigenvalue weighted by atomic mass is 9.99. The predicted molar refractivity (Wildman–Crippen MR) is 58.2 cm³/mol. The van der Waals surface area contributed by atoms with E-state index in [1.807, 2.05) is 27.7 Å². The lowest BCUT2D eigenvalue weighted by Crippen LogP contribution is -2.08. The normalized spacial score (nSPS) is 11.0. The molecule has 2 heteroatoms. The Morgan fingerprint density at radius 1 is 1.00 bits per heavy atom. The Balaban J connectivity index is 3.54. The molecule has 0 aliphatic heterocycles. The molecule has 0 saturated heterocycles. The van der Waals surface area contributed by atoms with Crippen LogP contribution in [0.25, 0.3) is 0 Å². The average molecular weight is 198 g/mol. The van der Waals surface area contributed by atoms with Gasteiger partial charge in [-0.3, -0.25) is 9.59 Å². The van der Waals surface area contributed by atoms with Crippen molar-refractivity contribution in [3.8, 4) is 0 Å². The number of hydrogen-bond donors (Lipinski definition) is 0. The Bertz CT molecular complexity index is 192. The van der Waals surface area contributed by atoms with Gasteiger partial charge in [0, 0.05) is 25.2 Å². The summed E-state index contributed by atoms with van der Waals surface area (Å²) in [6.45, 7) is 7.88. The van der Waals surface area contributed by atoms with E-state index in [4.69, 9.17) is 0 Å². The van der Waals surface area contributed by atoms with E-state index in [2.05, 4.69) is 0 Å². The monoisotopic (exact) mass is 198 g/mol. The third-order valence-corrected chi connectivity index (χ3v) is 2.16. The van der Waals surface area contributed by atoms with Crippen molar-refractivity contribution in [2.45, 2.75) is 53.4 Å². The van der Waals surface area contributed by atoms with E-state index >= 15 is 0 Å². The van der Waals surface area contributed by atoms with Crippen molar-refractivity contribution in [1.29, 1.82) is 0 Å². The summed E-state index contributed by atoms with van der Waals surface area (Å²) < 4.78 is 0. The fourth-order valence-electron chi connectivity index (χ4n) is 1.31. The van der Waals surface area contributed by atoms with Crippen molar-refractivity contribution < 1.29 is 9.59 Å². The van der Waals surface area contributed by atoms with Gasteiger partial charge in [0.25, 0.3) is 0 Å². The van der Waals surface area contributed by atoms with Crippen molar-refractivity contribution in [2.75, 3.05) is 0 Å². The fourth-order valence-corrected chi connectivity index (χ4v) is 1.31. The second kappa shape index (κ2) is 6.74. The van der Waals surface area contributed by atoms with Crippen LogP contribution in [-0.2, 0) is 9.59 Å². The molecule has 0 aromatic heterocycles. The highest BCUT2D eigenvalue weighted by atomic mass is 16.1. The van der Waals surface area contributed by atoms with Gasteiger partial charge < -0.3 is 0 Å². The van der Waals surface area contributed by atoms with E-state index in [1.165, 1.54) is 0 Å². The SMILES string of the molecule is CC(C)CC(=O)CCCC(=O)C(C)C. The minimum Gasteiger partial charge on any atom is -0.300 e. The van der Waals surface area contributed by atoms with Crippen LogP contribution in [0.1, 0.15) is 53.4 Å². The summed E-state index contributed by atoms with van der Waals surface area (Å²) in [6.07, 6.45) is 2.50. The van der Waals surface area contributed by atoms with Crippen LogP contribution in [0.15, 0.2) is 0 Å². The van der Waals surface area contributed by atoms with Crippen LogP contribution in [0.2, 0.25) is 0 Å². The molecule has 0 radical (unpaired) electrons. The number of carbonyl (C=O) groups is 2. The number of ketones is 2. The first-order chi connectivity index (χ1) is 6.43. The molecule has 14 heavy (non-hydrogen) atoms. The van der Waals surface area contributed by atoms with Crippen LogP contribution in [0, 0.1) is 11.8 Å². The third-order valence-electron chi connectivity index (χ3n) is 2.16. The first-order valence-corrected chi connectivity index (χ1v) is 5.48. The molecule has 0 aliphatic carbocycles. The van der Waals surface area contributed by atoms with Crippen LogP contribution in [0.4, 0.5) is 0 Å². The molecule has 0 unspecified atom stereocenters. The van der Waals surface area contributed by atoms with E-state index in [1.54, 1.807) is 0 Å². The van der Waals surface area contributed by atoms with Gasteiger partial charge in [-0.05, 0) is 12.3 Å². The van der Waals surface area contributed by atoms with E-state index < -0.39 is 0 Å². The van der Waals surface area contributed by atoms with Crippen molar-refractivity contribution in [3.63, 3.8) is 0 Å². The van der Waals surface area contributed by atoms with Gasteiger partial charge in [0.05, 0.1) is 0 Å². The van der Waals surface area contributed by atoms with Crippen LogP contribution >= 0.6 is 0 Å². The Morgan fingerprint density at radius 2 is 1.57 bits per heavy atom. The topological polar surface area (TPSA) is 34.1 Å². The zero-order valence-electron chi connectivity index (χ0n) is 9.80. The summed E-state index contributed by atoms with van der Waals surface area (Å²) in [5.41, 5.74) is 0. The van der Waals surface area contributed by atoms with Gasteiger partial charge in [0.1, 0.15) is 11.6 Å². The second-order valence-corrected chi connectivity index (χ2v) is 4.61. The molecule has 0 fully saturated rings. The third kappa shape index (κ3) is 6.81.